The molecule has 1 nitrogen and oxygen atoms in total. The smallest absolute Gasteiger partial charge is 0.127 e. The molecule has 0 saturated carbocycles. The van der Waals surface area contributed by atoms with Crippen LogP contribution in [0.25, 0.3) is 10.8 Å². The molecule has 0 spiro atoms. The molecule has 3 aromatic carbocycles. The van der Waals surface area contributed by atoms with E-state index >= 15 is 0 Å². The minimum absolute atomic E-state index is 0.232. The summed E-state index contributed by atoms with van der Waals surface area (Å²) >= 11 is 5.90. The zero-order chi connectivity index (χ0) is 14.7. The summed E-state index contributed by atoms with van der Waals surface area (Å²) in [6, 6.07) is 19.1. The maximum Gasteiger partial charge on any atom is 0.127 e. The van der Waals surface area contributed by atoms with Gasteiger partial charge in [0.1, 0.15) is 5.82 Å². The summed E-state index contributed by atoms with van der Waals surface area (Å²) in [7, 11) is 0. The van der Waals surface area contributed by atoms with Gasteiger partial charge in [0.15, 0.2) is 0 Å². The average Bonchev–Trinajstić information content (AvgIpc) is 2.51. The lowest BCUT2D eigenvalue weighted by Crippen LogP contribution is -2.14. The second kappa shape index (κ2) is 6.25. The molecule has 0 bridgehead atoms. The Kier molecular flexibility index (Phi) is 4.18. The second-order valence-corrected chi connectivity index (χ2v) is 5.41. The van der Waals surface area contributed by atoms with Gasteiger partial charge in [-0.25, -0.2) is 4.39 Å². The van der Waals surface area contributed by atoms with E-state index in [1.165, 1.54) is 22.4 Å². The third-order valence-corrected chi connectivity index (χ3v) is 3.75. The number of hydrogen-bond acceptors (Lipinski definition) is 1. The highest BCUT2D eigenvalue weighted by Gasteiger charge is 2.04. The van der Waals surface area contributed by atoms with Gasteiger partial charge >= 0.3 is 0 Å². The Labute approximate surface area is 128 Å². The Balaban J connectivity index is 1.74. The highest BCUT2D eigenvalue weighted by atomic mass is 35.5. The van der Waals surface area contributed by atoms with Crippen molar-refractivity contribution in [3.05, 3.63) is 82.6 Å². The minimum Gasteiger partial charge on any atom is -0.308 e. The SMILES string of the molecule is Fc1ccc(Cl)cc1CNCc1cccc2ccccc12. The molecule has 3 heteroatoms. The molecule has 3 aromatic rings. The van der Waals surface area contributed by atoms with Crippen molar-refractivity contribution in [2.45, 2.75) is 13.1 Å². The van der Waals surface area contributed by atoms with E-state index < -0.39 is 0 Å². The lowest BCUT2D eigenvalue weighted by Gasteiger charge is -2.09. The van der Waals surface area contributed by atoms with E-state index in [1.54, 1.807) is 12.1 Å². The molecule has 0 aliphatic heterocycles. The number of rotatable bonds is 4. The van der Waals surface area contributed by atoms with Crippen molar-refractivity contribution in [2.24, 2.45) is 0 Å². The van der Waals surface area contributed by atoms with E-state index in [1.807, 2.05) is 18.2 Å². The maximum atomic E-state index is 13.6. The van der Waals surface area contributed by atoms with Crippen LogP contribution in [0.1, 0.15) is 11.1 Å². The molecule has 0 aliphatic rings. The molecule has 3 rings (SSSR count). The van der Waals surface area contributed by atoms with Crippen LogP contribution >= 0.6 is 11.6 Å². The molecule has 0 aromatic heterocycles. The molecule has 0 atom stereocenters. The molecule has 0 radical (unpaired) electrons. The summed E-state index contributed by atoms with van der Waals surface area (Å²) in [6.45, 7) is 1.14. The van der Waals surface area contributed by atoms with Crippen molar-refractivity contribution in [3.63, 3.8) is 0 Å². The zero-order valence-corrected chi connectivity index (χ0v) is 12.2. The summed E-state index contributed by atoms with van der Waals surface area (Å²) in [5.74, 6) is -0.232. The van der Waals surface area contributed by atoms with Gasteiger partial charge in [0, 0.05) is 23.7 Å². The number of nitrogens with one attached hydrogen (secondary N) is 1. The Hall–Kier alpha value is -1.90. The van der Waals surface area contributed by atoms with Crippen molar-refractivity contribution in [1.82, 2.24) is 5.32 Å². The van der Waals surface area contributed by atoms with Crippen LogP contribution in [0.15, 0.2) is 60.7 Å². The summed E-state index contributed by atoms with van der Waals surface area (Å²) in [4.78, 5) is 0. The van der Waals surface area contributed by atoms with Crippen molar-refractivity contribution < 1.29 is 4.39 Å². The third-order valence-electron chi connectivity index (χ3n) is 3.52. The third kappa shape index (κ3) is 3.23. The number of hydrogen-bond donors (Lipinski definition) is 1. The van der Waals surface area contributed by atoms with Crippen LogP contribution in [-0.4, -0.2) is 0 Å². The molecule has 21 heavy (non-hydrogen) atoms. The highest BCUT2D eigenvalue weighted by Crippen LogP contribution is 2.19. The topological polar surface area (TPSA) is 12.0 Å². The predicted molar refractivity (Wildman–Crippen MR) is 85.9 cm³/mol. The number of benzene rings is 3. The lowest BCUT2D eigenvalue weighted by molar-refractivity contribution is 0.588. The van der Waals surface area contributed by atoms with Crippen LogP contribution in [0.4, 0.5) is 4.39 Å². The van der Waals surface area contributed by atoms with Crippen LogP contribution < -0.4 is 5.32 Å². The normalized spacial score (nSPS) is 11.0. The molecule has 0 aliphatic carbocycles. The van der Waals surface area contributed by atoms with Gasteiger partial charge in [-0.3, -0.25) is 0 Å². The average molecular weight is 300 g/mol. The van der Waals surface area contributed by atoms with Gasteiger partial charge in [0.25, 0.3) is 0 Å². The van der Waals surface area contributed by atoms with Crippen molar-refractivity contribution in [2.75, 3.05) is 0 Å². The van der Waals surface area contributed by atoms with Gasteiger partial charge in [-0.2, -0.15) is 0 Å². The van der Waals surface area contributed by atoms with Gasteiger partial charge in [-0.05, 0) is 34.5 Å². The Morgan fingerprint density at radius 2 is 1.62 bits per heavy atom. The van der Waals surface area contributed by atoms with Gasteiger partial charge in [0.2, 0.25) is 0 Å². The van der Waals surface area contributed by atoms with E-state index in [4.69, 9.17) is 11.6 Å². The summed E-state index contributed by atoms with van der Waals surface area (Å²) < 4.78 is 13.6. The molecule has 1 N–H and O–H groups in total. The summed E-state index contributed by atoms with van der Waals surface area (Å²) in [5.41, 5.74) is 1.79. The fourth-order valence-corrected chi connectivity index (χ4v) is 2.65. The number of halogens is 2. The first-order chi connectivity index (χ1) is 10.2. The fraction of sp³-hybridized carbons (Fsp3) is 0.111. The predicted octanol–water partition coefficient (Wildman–Crippen LogP) is 4.92. The highest BCUT2D eigenvalue weighted by molar-refractivity contribution is 6.30. The van der Waals surface area contributed by atoms with Gasteiger partial charge < -0.3 is 5.32 Å². The number of fused-ring (bicyclic) bond motifs is 1. The van der Waals surface area contributed by atoms with E-state index in [0.717, 1.165) is 0 Å². The minimum atomic E-state index is -0.232. The molecular weight excluding hydrogens is 285 g/mol. The van der Waals surface area contributed by atoms with E-state index in [-0.39, 0.29) is 5.82 Å². The van der Waals surface area contributed by atoms with Gasteiger partial charge in [-0.15, -0.1) is 0 Å². The fourth-order valence-electron chi connectivity index (χ4n) is 2.46. The molecular formula is C18H15ClFN. The van der Waals surface area contributed by atoms with Crippen molar-refractivity contribution in [1.29, 1.82) is 0 Å². The van der Waals surface area contributed by atoms with Crippen LogP contribution in [0, 0.1) is 5.82 Å². The van der Waals surface area contributed by atoms with Gasteiger partial charge in [-0.1, -0.05) is 54.1 Å². The van der Waals surface area contributed by atoms with E-state index in [9.17, 15) is 4.39 Å². The second-order valence-electron chi connectivity index (χ2n) is 4.98. The molecule has 0 fully saturated rings. The Morgan fingerprint density at radius 1 is 0.857 bits per heavy atom. The Morgan fingerprint density at radius 3 is 2.52 bits per heavy atom. The largest absolute Gasteiger partial charge is 0.308 e. The van der Waals surface area contributed by atoms with Crippen LogP contribution in [0.3, 0.4) is 0 Å². The van der Waals surface area contributed by atoms with E-state index in [0.29, 0.717) is 23.7 Å². The van der Waals surface area contributed by atoms with Gasteiger partial charge in [0.05, 0.1) is 0 Å². The molecule has 0 heterocycles. The first kappa shape index (κ1) is 14.1. The lowest BCUT2D eigenvalue weighted by atomic mass is 10.0. The van der Waals surface area contributed by atoms with Crippen molar-refractivity contribution >= 4 is 22.4 Å². The molecule has 106 valence electrons. The first-order valence-corrected chi connectivity index (χ1v) is 7.23. The van der Waals surface area contributed by atoms with Crippen molar-refractivity contribution in [3.8, 4) is 0 Å². The summed E-state index contributed by atoms with van der Waals surface area (Å²) in [6.07, 6.45) is 0. The molecule has 0 unspecified atom stereocenters. The zero-order valence-electron chi connectivity index (χ0n) is 11.4. The van der Waals surface area contributed by atoms with Crippen LogP contribution in [0.2, 0.25) is 5.02 Å². The van der Waals surface area contributed by atoms with E-state index in [2.05, 4.69) is 29.6 Å². The quantitative estimate of drug-likeness (QED) is 0.721. The first-order valence-electron chi connectivity index (χ1n) is 6.85. The van der Waals surface area contributed by atoms with Crippen LogP contribution in [0.5, 0.6) is 0 Å². The Bertz CT molecular complexity index is 765. The monoisotopic (exact) mass is 299 g/mol. The summed E-state index contributed by atoms with van der Waals surface area (Å²) in [5, 5.41) is 6.27. The maximum absolute atomic E-state index is 13.6. The standard InChI is InChI=1S/C18H15ClFN/c19-16-8-9-18(20)15(10-16)12-21-11-14-6-3-5-13-4-1-2-7-17(13)14/h1-10,21H,11-12H2. The molecule has 0 saturated heterocycles. The van der Waals surface area contributed by atoms with Crippen LogP contribution in [-0.2, 0) is 13.1 Å². The molecule has 0 amide bonds.